The van der Waals surface area contributed by atoms with Crippen molar-refractivity contribution < 1.29 is 19.0 Å². The van der Waals surface area contributed by atoms with Crippen LogP contribution in [0.25, 0.3) is 22.0 Å². The number of phenolic OH excluding ortho intramolecular Hbond substituents is 1. The molecule has 11 heteroatoms. The number of hydrogen-bond acceptors (Lipinski definition) is 10. The number of benzene rings is 1. The molecule has 0 aliphatic heterocycles. The Bertz CT molecular complexity index is 1100. The molecule has 4 rings (SSSR count). The Morgan fingerprint density at radius 2 is 2.06 bits per heavy atom. The van der Waals surface area contributed by atoms with Crippen LogP contribution < -0.4 is 9.47 Å². The number of halogens is 1. The van der Waals surface area contributed by atoms with Crippen molar-refractivity contribution in [2.75, 3.05) is 21.2 Å². The molecule has 0 bridgehead atoms. The van der Waals surface area contributed by atoms with Crippen LogP contribution in [0.15, 0.2) is 24.5 Å². The number of methoxy groups -OCH3 is 1. The Morgan fingerprint density at radius 3 is 2.78 bits per heavy atom. The van der Waals surface area contributed by atoms with Gasteiger partial charge in [-0.3, -0.25) is 0 Å². The normalized spacial score (nSPS) is 23.3. The molecule has 3 atom stereocenters. The highest BCUT2D eigenvalue weighted by atomic mass is 32.1. The predicted octanol–water partition coefficient (Wildman–Crippen LogP) is 3.36. The van der Waals surface area contributed by atoms with Gasteiger partial charge in [0.25, 0.3) is 5.19 Å². The Morgan fingerprint density at radius 1 is 1.25 bits per heavy atom. The van der Waals surface area contributed by atoms with Crippen molar-refractivity contribution in [3.63, 3.8) is 0 Å². The largest absolute Gasteiger partial charge is 0.507 e. The standard InChI is InChI=1S/C21H25FN6O3S/c1-21(28(2)3)8-7-14(22)16(10-21)31-20-27-26-18(32-20)13-6-5-12(9-15(13)29)17-23-11-24-19(25-17)30-4/h5-6,9,11,14,16,29H,7-8,10H2,1-4H3/t14?,16-,21-/m0/s1. The summed E-state index contributed by atoms with van der Waals surface area (Å²) in [5, 5.41) is 19.5. The molecule has 0 amide bonds. The van der Waals surface area contributed by atoms with Gasteiger partial charge in [-0.25, -0.2) is 9.37 Å². The maximum absolute atomic E-state index is 14.5. The highest BCUT2D eigenvalue weighted by Gasteiger charge is 2.41. The number of aromatic hydroxyl groups is 1. The first-order chi connectivity index (χ1) is 15.3. The molecule has 0 spiro atoms. The van der Waals surface area contributed by atoms with Gasteiger partial charge in [-0.2, -0.15) is 9.97 Å². The predicted molar refractivity (Wildman–Crippen MR) is 118 cm³/mol. The molecule has 1 N–H and O–H groups in total. The van der Waals surface area contributed by atoms with Crippen LogP contribution in [0.1, 0.15) is 26.2 Å². The van der Waals surface area contributed by atoms with Crippen LogP contribution in [-0.2, 0) is 0 Å². The fourth-order valence-corrected chi connectivity index (χ4v) is 4.47. The van der Waals surface area contributed by atoms with E-state index in [1.807, 2.05) is 14.1 Å². The van der Waals surface area contributed by atoms with Crippen LogP contribution in [0.3, 0.4) is 0 Å². The summed E-state index contributed by atoms with van der Waals surface area (Å²) in [6.07, 6.45) is 1.47. The maximum atomic E-state index is 14.5. The molecule has 170 valence electrons. The van der Waals surface area contributed by atoms with Crippen molar-refractivity contribution in [2.24, 2.45) is 0 Å². The van der Waals surface area contributed by atoms with E-state index in [1.165, 1.54) is 30.8 Å². The maximum Gasteiger partial charge on any atom is 0.319 e. The van der Waals surface area contributed by atoms with Crippen molar-refractivity contribution in [1.82, 2.24) is 30.0 Å². The second-order valence-electron chi connectivity index (χ2n) is 8.21. The molecule has 0 saturated heterocycles. The van der Waals surface area contributed by atoms with Gasteiger partial charge in [-0.15, -0.1) is 5.10 Å². The smallest absolute Gasteiger partial charge is 0.319 e. The third kappa shape index (κ3) is 4.49. The molecule has 9 nitrogen and oxygen atoms in total. The molecule has 1 unspecified atom stereocenters. The molecule has 32 heavy (non-hydrogen) atoms. The lowest BCUT2D eigenvalue weighted by Crippen LogP contribution is -2.51. The van der Waals surface area contributed by atoms with Crippen LogP contribution >= 0.6 is 11.3 Å². The second-order valence-corrected chi connectivity index (χ2v) is 9.15. The SMILES string of the molecule is COc1ncnc(-c2ccc(-c3nnc(O[C@H]4C[C@@](C)(N(C)C)CCC4F)s3)c(O)c2)n1. The summed E-state index contributed by atoms with van der Waals surface area (Å²) in [4.78, 5) is 14.3. The van der Waals surface area contributed by atoms with Gasteiger partial charge in [-0.1, -0.05) is 22.5 Å². The summed E-state index contributed by atoms with van der Waals surface area (Å²) in [6, 6.07) is 5.18. The van der Waals surface area contributed by atoms with Gasteiger partial charge in [0.1, 0.15) is 24.4 Å². The third-order valence-electron chi connectivity index (χ3n) is 5.96. The van der Waals surface area contributed by atoms with E-state index in [4.69, 9.17) is 9.47 Å². The summed E-state index contributed by atoms with van der Waals surface area (Å²) >= 11 is 1.17. The van der Waals surface area contributed by atoms with E-state index in [1.54, 1.807) is 12.1 Å². The lowest BCUT2D eigenvalue weighted by atomic mass is 9.80. The van der Waals surface area contributed by atoms with E-state index in [2.05, 4.69) is 37.0 Å². The topological polar surface area (TPSA) is 106 Å². The first-order valence-corrected chi connectivity index (χ1v) is 11.0. The Labute approximate surface area is 189 Å². The minimum atomic E-state index is -1.06. The minimum absolute atomic E-state index is 0.00852. The molecule has 3 aromatic rings. The molecule has 1 saturated carbocycles. The average Bonchev–Trinajstić information content (AvgIpc) is 3.24. The van der Waals surface area contributed by atoms with Crippen LogP contribution in [0.4, 0.5) is 4.39 Å². The molecule has 1 aliphatic carbocycles. The number of alkyl halides is 1. The molecular formula is C21H25FN6O3S. The number of ether oxygens (including phenoxy) is 2. The first kappa shape index (κ1) is 22.3. The zero-order chi connectivity index (χ0) is 22.9. The lowest BCUT2D eigenvalue weighted by molar-refractivity contribution is -0.0102. The van der Waals surface area contributed by atoms with E-state index in [0.717, 1.165) is 6.42 Å². The molecule has 1 aromatic carbocycles. The summed E-state index contributed by atoms with van der Waals surface area (Å²) in [5.74, 6) is 0.362. The molecule has 0 radical (unpaired) electrons. The number of rotatable bonds is 6. The van der Waals surface area contributed by atoms with E-state index < -0.39 is 12.3 Å². The van der Waals surface area contributed by atoms with Gasteiger partial charge < -0.3 is 19.5 Å². The van der Waals surface area contributed by atoms with E-state index >= 15 is 0 Å². The quantitative estimate of drug-likeness (QED) is 0.592. The Kier molecular flexibility index (Phi) is 6.20. The second kappa shape index (κ2) is 8.91. The van der Waals surface area contributed by atoms with Crippen LogP contribution in [0.5, 0.6) is 17.0 Å². The summed E-state index contributed by atoms with van der Waals surface area (Å²) in [7, 11) is 5.46. The molecule has 2 aromatic heterocycles. The van der Waals surface area contributed by atoms with Crippen molar-refractivity contribution in [1.29, 1.82) is 0 Å². The zero-order valence-corrected chi connectivity index (χ0v) is 19.1. The van der Waals surface area contributed by atoms with Crippen molar-refractivity contribution >= 4 is 11.3 Å². The summed E-state index contributed by atoms with van der Waals surface area (Å²) in [6.45, 7) is 2.11. The van der Waals surface area contributed by atoms with Gasteiger partial charge >= 0.3 is 6.01 Å². The minimum Gasteiger partial charge on any atom is -0.507 e. The molecular weight excluding hydrogens is 435 g/mol. The summed E-state index contributed by atoms with van der Waals surface area (Å²) < 4.78 is 25.4. The Balaban J connectivity index is 1.52. The van der Waals surface area contributed by atoms with E-state index in [9.17, 15) is 9.50 Å². The van der Waals surface area contributed by atoms with E-state index in [-0.39, 0.29) is 22.5 Å². The van der Waals surface area contributed by atoms with Crippen molar-refractivity contribution in [2.45, 2.75) is 44.0 Å². The highest BCUT2D eigenvalue weighted by molar-refractivity contribution is 7.16. The van der Waals surface area contributed by atoms with Crippen LogP contribution in [0.2, 0.25) is 0 Å². The number of hydrogen-bond donors (Lipinski definition) is 1. The number of phenols is 1. The van der Waals surface area contributed by atoms with Gasteiger partial charge in [0.05, 0.1) is 12.7 Å². The van der Waals surface area contributed by atoms with Crippen LogP contribution in [0, 0.1) is 0 Å². The van der Waals surface area contributed by atoms with Gasteiger partial charge in [0.15, 0.2) is 10.8 Å². The fourth-order valence-electron chi connectivity index (χ4n) is 3.69. The number of aromatic nitrogens is 5. The molecule has 1 fully saturated rings. The van der Waals surface area contributed by atoms with Crippen LogP contribution in [-0.4, -0.2) is 74.2 Å². The third-order valence-corrected chi connectivity index (χ3v) is 6.81. The molecule has 2 heterocycles. The van der Waals surface area contributed by atoms with E-state index in [0.29, 0.717) is 34.8 Å². The fraction of sp³-hybridized carbons (Fsp3) is 0.476. The highest BCUT2D eigenvalue weighted by Crippen LogP contribution is 2.39. The van der Waals surface area contributed by atoms with Crippen molar-refractivity contribution in [3.8, 4) is 38.9 Å². The first-order valence-electron chi connectivity index (χ1n) is 10.2. The Hall–Kier alpha value is -2.92. The molecule has 1 aliphatic rings. The average molecular weight is 461 g/mol. The number of nitrogens with zero attached hydrogens (tertiary/aromatic N) is 6. The monoisotopic (exact) mass is 460 g/mol. The lowest BCUT2D eigenvalue weighted by Gasteiger charge is -2.43. The zero-order valence-electron chi connectivity index (χ0n) is 18.3. The van der Waals surface area contributed by atoms with Gasteiger partial charge in [-0.05, 0) is 46.0 Å². The van der Waals surface area contributed by atoms with Gasteiger partial charge in [0, 0.05) is 17.5 Å². The van der Waals surface area contributed by atoms with Gasteiger partial charge in [0.2, 0.25) is 0 Å². The summed E-state index contributed by atoms with van der Waals surface area (Å²) in [5.41, 5.74) is 0.950. The van der Waals surface area contributed by atoms with Crippen molar-refractivity contribution in [3.05, 3.63) is 24.5 Å².